The molecule has 2 atom stereocenters. The van der Waals surface area contributed by atoms with E-state index in [0.717, 1.165) is 70.7 Å². The largest absolute Gasteiger partial charge is 0.497 e. The molecule has 4 aliphatic rings. The smallest absolute Gasteiger partial charge is 0.245 e. The third-order valence-electron chi connectivity index (χ3n) is 8.68. The Balaban J connectivity index is 1.36. The van der Waals surface area contributed by atoms with E-state index in [4.69, 9.17) is 4.74 Å². The summed E-state index contributed by atoms with van der Waals surface area (Å²) in [6, 6.07) is 8.24. The fourth-order valence-corrected chi connectivity index (χ4v) is 6.45. The molecule has 2 aliphatic heterocycles. The highest BCUT2D eigenvalue weighted by Crippen LogP contribution is 2.36. The van der Waals surface area contributed by atoms with Gasteiger partial charge in [-0.2, -0.15) is 0 Å². The van der Waals surface area contributed by atoms with E-state index in [-0.39, 0.29) is 29.8 Å². The molecule has 7 heteroatoms. The van der Waals surface area contributed by atoms with Crippen molar-refractivity contribution in [1.82, 2.24) is 20.0 Å². The molecule has 2 amide bonds. The van der Waals surface area contributed by atoms with Crippen LogP contribution in [0.2, 0.25) is 0 Å². The molecule has 0 radical (unpaired) electrons. The second-order valence-corrected chi connectivity index (χ2v) is 11.4. The first kappa shape index (κ1) is 25.5. The van der Waals surface area contributed by atoms with Crippen molar-refractivity contribution >= 4 is 11.8 Å². The van der Waals surface area contributed by atoms with Crippen LogP contribution < -0.4 is 10.1 Å². The van der Waals surface area contributed by atoms with Gasteiger partial charge in [-0.3, -0.25) is 14.5 Å². The Bertz CT molecular complexity index is 890. The van der Waals surface area contributed by atoms with E-state index in [1.165, 1.54) is 37.7 Å². The molecule has 1 N–H and O–H groups in total. The van der Waals surface area contributed by atoms with Crippen LogP contribution >= 0.6 is 0 Å². The summed E-state index contributed by atoms with van der Waals surface area (Å²) in [6.45, 7) is 5.86. The number of ether oxygens (including phenoxy) is 1. The van der Waals surface area contributed by atoms with Crippen molar-refractivity contribution in [2.75, 3.05) is 46.4 Å². The van der Waals surface area contributed by atoms with Crippen LogP contribution in [0.5, 0.6) is 5.75 Å². The summed E-state index contributed by atoms with van der Waals surface area (Å²) in [6.07, 6.45) is 10.2. The number of benzene rings is 1. The third-order valence-corrected chi connectivity index (χ3v) is 8.68. The molecule has 0 aromatic heterocycles. The lowest BCUT2D eigenvalue weighted by Crippen LogP contribution is -2.49. The SMILES string of the molecule is COc1cccc(CN(CC2CCCCC2)C2CC(C(=O)N3CCCNCC3)N(C(=O)C3CC3)C2)c1. The molecule has 2 heterocycles. The lowest BCUT2D eigenvalue weighted by Gasteiger charge is -2.34. The summed E-state index contributed by atoms with van der Waals surface area (Å²) in [5.74, 6) is 2.08. The van der Waals surface area contributed by atoms with E-state index in [1.54, 1.807) is 7.11 Å². The van der Waals surface area contributed by atoms with Gasteiger partial charge < -0.3 is 19.9 Å². The Morgan fingerprint density at radius 2 is 1.86 bits per heavy atom. The molecule has 2 aliphatic carbocycles. The molecule has 4 fully saturated rings. The molecule has 2 saturated heterocycles. The van der Waals surface area contributed by atoms with E-state index >= 15 is 0 Å². The van der Waals surface area contributed by atoms with E-state index in [9.17, 15) is 9.59 Å². The summed E-state index contributed by atoms with van der Waals surface area (Å²) in [5.41, 5.74) is 1.23. The van der Waals surface area contributed by atoms with Gasteiger partial charge in [-0.1, -0.05) is 31.4 Å². The number of carbonyl (C=O) groups excluding carboxylic acids is 2. The summed E-state index contributed by atoms with van der Waals surface area (Å²) in [5, 5.41) is 3.40. The molecule has 2 saturated carbocycles. The highest BCUT2D eigenvalue weighted by molar-refractivity contribution is 5.90. The predicted molar refractivity (Wildman–Crippen MR) is 141 cm³/mol. The summed E-state index contributed by atoms with van der Waals surface area (Å²) < 4.78 is 5.49. The molecule has 2 unspecified atom stereocenters. The molecule has 1 aromatic carbocycles. The predicted octanol–water partition coefficient (Wildman–Crippen LogP) is 3.28. The normalized spacial score (nSPS) is 25.7. The van der Waals surface area contributed by atoms with Gasteiger partial charge in [0.1, 0.15) is 11.8 Å². The van der Waals surface area contributed by atoms with Gasteiger partial charge in [0.15, 0.2) is 0 Å². The first-order valence-electron chi connectivity index (χ1n) is 14.3. The van der Waals surface area contributed by atoms with Gasteiger partial charge in [0.05, 0.1) is 7.11 Å². The van der Waals surface area contributed by atoms with Gasteiger partial charge in [-0.15, -0.1) is 0 Å². The maximum atomic E-state index is 13.8. The molecule has 7 nitrogen and oxygen atoms in total. The number of hydrogen-bond acceptors (Lipinski definition) is 5. The van der Waals surface area contributed by atoms with Gasteiger partial charge >= 0.3 is 0 Å². The molecular weight excluding hydrogens is 452 g/mol. The topological polar surface area (TPSA) is 65.1 Å². The Morgan fingerprint density at radius 1 is 1.03 bits per heavy atom. The molecule has 0 bridgehead atoms. The van der Waals surface area contributed by atoms with Crippen LogP contribution in [0.1, 0.15) is 63.4 Å². The standard InChI is InChI=1S/C29H44N4O3/c1-36-26-10-5-9-23(17-26)20-32(19-22-7-3-2-4-8-22)25-18-27(33(21-25)28(34)24-11-12-24)29(35)31-15-6-13-30-14-16-31/h5,9-10,17,22,24-25,27,30H,2-4,6-8,11-16,18-21H2,1H3. The van der Waals surface area contributed by atoms with Crippen LogP contribution in [0.3, 0.4) is 0 Å². The van der Waals surface area contributed by atoms with Gasteiger partial charge in [0, 0.05) is 51.2 Å². The van der Waals surface area contributed by atoms with Gasteiger partial charge in [0.2, 0.25) is 11.8 Å². The number of likely N-dealkylation sites (tertiary alicyclic amines) is 1. The number of rotatable bonds is 8. The van der Waals surface area contributed by atoms with E-state index in [1.807, 2.05) is 15.9 Å². The zero-order chi connectivity index (χ0) is 24.9. The number of amides is 2. The van der Waals surface area contributed by atoms with Crippen LogP contribution in [0.4, 0.5) is 0 Å². The Hall–Kier alpha value is -2.12. The zero-order valence-corrected chi connectivity index (χ0v) is 22.0. The number of nitrogens with zero attached hydrogens (tertiary/aromatic N) is 3. The molecule has 5 rings (SSSR count). The average Bonchev–Trinajstić information content (AvgIpc) is 3.71. The van der Waals surface area contributed by atoms with Crippen molar-refractivity contribution in [3.8, 4) is 5.75 Å². The molecule has 36 heavy (non-hydrogen) atoms. The first-order valence-corrected chi connectivity index (χ1v) is 14.3. The van der Waals surface area contributed by atoms with Crippen molar-refractivity contribution in [3.63, 3.8) is 0 Å². The lowest BCUT2D eigenvalue weighted by molar-refractivity contribution is -0.144. The highest BCUT2D eigenvalue weighted by Gasteiger charge is 2.46. The van der Waals surface area contributed by atoms with Crippen LogP contribution in [0, 0.1) is 11.8 Å². The van der Waals surface area contributed by atoms with E-state index in [2.05, 4.69) is 28.4 Å². The second kappa shape index (κ2) is 12.0. The molecule has 198 valence electrons. The van der Waals surface area contributed by atoms with Crippen molar-refractivity contribution in [2.24, 2.45) is 11.8 Å². The minimum absolute atomic E-state index is 0.134. The minimum atomic E-state index is -0.319. The molecular formula is C29H44N4O3. The van der Waals surface area contributed by atoms with Crippen molar-refractivity contribution in [3.05, 3.63) is 29.8 Å². The fraction of sp³-hybridized carbons (Fsp3) is 0.724. The Labute approximate surface area is 216 Å². The monoisotopic (exact) mass is 496 g/mol. The van der Waals surface area contributed by atoms with Crippen LogP contribution in [0.15, 0.2) is 24.3 Å². The van der Waals surface area contributed by atoms with Crippen molar-refractivity contribution < 1.29 is 14.3 Å². The fourth-order valence-electron chi connectivity index (χ4n) is 6.45. The zero-order valence-electron chi connectivity index (χ0n) is 22.0. The summed E-state index contributed by atoms with van der Waals surface area (Å²) in [7, 11) is 1.71. The number of methoxy groups -OCH3 is 1. The van der Waals surface area contributed by atoms with Crippen LogP contribution in [-0.2, 0) is 16.1 Å². The first-order chi connectivity index (χ1) is 17.6. The lowest BCUT2D eigenvalue weighted by atomic mass is 9.88. The third kappa shape index (κ3) is 6.23. The van der Waals surface area contributed by atoms with Crippen molar-refractivity contribution in [1.29, 1.82) is 0 Å². The number of nitrogens with one attached hydrogen (secondary N) is 1. The maximum absolute atomic E-state index is 13.8. The second-order valence-electron chi connectivity index (χ2n) is 11.4. The molecule has 1 aromatic rings. The number of hydrogen-bond donors (Lipinski definition) is 1. The van der Waals surface area contributed by atoms with Gasteiger partial charge in [-0.25, -0.2) is 0 Å². The quantitative estimate of drug-likeness (QED) is 0.599. The summed E-state index contributed by atoms with van der Waals surface area (Å²) in [4.78, 5) is 33.7. The molecule has 0 spiro atoms. The summed E-state index contributed by atoms with van der Waals surface area (Å²) >= 11 is 0. The Morgan fingerprint density at radius 3 is 2.64 bits per heavy atom. The van der Waals surface area contributed by atoms with Crippen molar-refractivity contribution in [2.45, 2.75) is 76.4 Å². The highest BCUT2D eigenvalue weighted by atomic mass is 16.5. The average molecular weight is 497 g/mol. The number of carbonyl (C=O) groups is 2. The van der Waals surface area contributed by atoms with Gasteiger partial charge in [-0.05, 0) is 68.7 Å². The Kier molecular flexibility index (Phi) is 8.47. The van der Waals surface area contributed by atoms with Crippen LogP contribution in [-0.4, -0.2) is 85.0 Å². The van der Waals surface area contributed by atoms with Gasteiger partial charge in [0.25, 0.3) is 0 Å². The van der Waals surface area contributed by atoms with E-state index < -0.39 is 0 Å². The minimum Gasteiger partial charge on any atom is -0.497 e. The van der Waals surface area contributed by atoms with Crippen LogP contribution in [0.25, 0.3) is 0 Å². The maximum Gasteiger partial charge on any atom is 0.245 e. The van der Waals surface area contributed by atoms with E-state index in [0.29, 0.717) is 12.5 Å².